The Balaban J connectivity index is 1.69. The molecule has 0 aromatic heterocycles. The van der Waals surface area contributed by atoms with E-state index < -0.39 is 0 Å². The van der Waals surface area contributed by atoms with E-state index in [0.717, 1.165) is 44.2 Å². The lowest BCUT2D eigenvalue weighted by molar-refractivity contribution is 0.191. The number of hydrogen-bond acceptors (Lipinski definition) is 4. The van der Waals surface area contributed by atoms with Gasteiger partial charge in [0.15, 0.2) is 0 Å². The number of aliphatic imine (C=N–C) groups is 1. The number of para-hydroxylation sites is 1. The second kappa shape index (κ2) is 7.18. The van der Waals surface area contributed by atoms with Crippen LogP contribution in [-0.4, -0.2) is 54.2 Å². The van der Waals surface area contributed by atoms with Crippen LogP contribution in [0, 0.1) is 0 Å². The van der Waals surface area contributed by atoms with Crippen molar-refractivity contribution in [1.29, 1.82) is 0 Å². The zero-order chi connectivity index (χ0) is 16.4. The number of rotatable bonds is 2. The van der Waals surface area contributed by atoms with Crippen LogP contribution >= 0.6 is 23.4 Å². The van der Waals surface area contributed by atoms with Crippen LogP contribution in [-0.2, 0) is 0 Å². The summed E-state index contributed by atoms with van der Waals surface area (Å²) in [5, 5.41) is 0. The summed E-state index contributed by atoms with van der Waals surface area (Å²) in [6.45, 7) is 5.05. The first-order chi connectivity index (χ1) is 11.8. The average Bonchev–Trinajstić information content (AvgIpc) is 2.79. The summed E-state index contributed by atoms with van der Waals surface area (Å²) in [4.78, 5) is 12.4. The summed E-state index contributed by atoms with van der Waals surface area (Å²) < 4.78 is 0. The van der Waals surface area contributed by atoms with Crippen LogP contribution in [0.2, 0.25) is 0 Å². The lowest BCUT2D eigenvalue weighted by Gasteiger charge is -2.36. The van der Waals surface area contributed by atoms with Gasteiger partial charge in [-0.2, -0.15) is 0 Å². The van der Waals surface area contributed by atoms with Gasteiger partial charge in [-0.3, -0.25) is 4.90 Å². The third kappa shape index (κ3) is 3.18. The van der Waals surface area contributed by atoms with Gasteiger partial charge in [-0.1, -0.05) is 42.1 Å². The highest BCUT2D eigenvalue weighted by Crippen LogP contribution is 2.40. The molecule has 0 amide bonds. The van der Waals surface area contributed by atoms with Gasteiger partial charge in [-0.05, 0) is 18.2 Å². The van der Waals surface area contributed by atoms with Crippen molar-refractivity contribution in [3.05, 3.63) is 54.1 Å². The van der Waals surface area contributed by atoms with Gasteiger partial charge in [-0.15, -0.1) is 11.6 Å². The molecule has 0 bridgehead atoms. The van der Waals surface area contributed by atoms with E-state index in [1.165, 1.54) is 15.4 Å². The lowest BCUT2D eigenvalue weighted by Crippen LogP contribution is -2.49. The molecule has 2 aromatic carbocycles. The van der Waals surface area contributed by atoms with Crippen molar-refractivity contribution in [2.75, 3.05) is 38.6 Å². The normalized spacial score (nSPS) is 17.7. The summed E-state index contributed by atoms with van der Waals surface area (Å²) in [5.41, 5.74) is 2.31. The SMILES string of the molecule is ClCCN1CCN(C2=Nc3ccccc3Sc3ccccc32)CC1. The number of nitrogens with zero attached hydrogens (tertiary/aromatic N) is 3. The van der Waals surface area contributed by atoms with Crippen LogP contribution in [0.1, 0.15) is 5.56 Å². The Morgan fingerprint density at radius 3 is 2.42 bits per heavy atom. The van der Waals surface area contributed by atoms with Crippen molar-refractivity contribution >= 4 is 34.9 Å². The smallest absolute Gasteiger partial charge is 0.137 e. The fourth-order valence-electron chi connectivity index (χ4n) is 3.21. The molecule has 0 N–H and O–H groups in total. The Morgan fingerprint density at radius 1 is 0.917 bits per heavy atom. The summed E-state index contributed by atoms with van der Waals surface area (Å²) in [5.74, 6) is 1.81. The maximum absolute atomic E-state index is 5.88. The van der Waals surface area contributed by atoms with E-state index in [2.05, 4.69) is 58.3 Å². The van der Waals surface area contributed by atoms with Gasteiger partial charge >= 0.3 is 0 Å². The van der Waals surface area contributed by atoms with E-state index in [-0.39, 0.29) is 0 Å². The lowest BCUT2D eigenvalue weighted by atomic mass is 10.1. The number of piperazine rings is 1. The maximum Gasteiger partial charge on any atom is 0.137 e. The van der Waals surface area contributed by atoms with Gasteiger partial charge in [0.2, 0.25) is 0 Å². The van der Waals surface area contributed by atoms with Gasteiger partial charge in [0.25, 0.3) is 0 Å². The fraction of sp³-hybridized carbons (Fsp3) is 0.316. The Hall–Kier alpha value is -1.49. The molecule has 0 aliphatic carbocycles. The van der Waals surface area contributed by atoms with Crippen molar-refractivity contribution in [2.45, 2.75) is 9.79 Å². The molecule has 2 aliphatic rings. The van der Waals surface area contributed by atoms with Gasteiger partial charge in [-0.25, -0.2) is 4.99 Å². The van der Waals surface area contributed by atoms with Gasteiger partial charge < -0.3 is 4.90 Å². The van der Waals surface area contributed by atoms with Crippen molar-refractivity contribution < 1.29 is 0 Å². The first kappa shape index (κ1) is 16.0. The minimum Gasteiger partial charge on any atom is -0.354 e. The van der Waals surface area contributed by atoms with Gasteiger partial charge in [0, 0.05) is 54.0 Å². The highest BCUT2D eigenvalue weighted by Gasteiger charge is 2.24. The summed E-state index contributed by atoms with van der Waals surface area (Å²) >= 11 is 7.69. The predicted octanol–water partition coefficient (Wildman–Crippen LogP) is 4.09. The number of hydrogen-bond donors (Lipinski definition) is 0. The second-order valence-electron chi connectivity index (χ2n) is 6.02. The monoisotopic (exact) mass is 357 g/mol. The molecule has 1 saturated heterocycles. The number of benzene rings is 2. The predicted molar refractivity (Wildman–Crippen MR) is 102 cm³/mol. The minimum absolute atomic E-state index is 0.702. The third-order valence-corrected chi connectivity index (χ3v) is 5.82. The molecule has 2 aliphatic heterocycles. The molecule has 0 unspecified atom stereocenters. The quantitative estimate of drug-likeness (QED) is 0.754. The number of fused-ring (bicyclic) bond motifs is 2. The van der Waals surface area contributed by atoms with E-state index in [9.17, 15) is 0 Å². The highest BCUT2D eigenvalue weighted by molar-refractivity contribution is 7.99. The van der Waals surface area contributed by atoms with Crippen LogP contribution in [0.25, 0.3) is 0 Å². The molecule has 2 heterocycles. The molecule has 0 radical (unpaired) electrons. The molecule has 0 spiro atoms. The van der Waals surface area contributed by atoms with Crippen LogP contribution in [0.15, 0.2) is 63.3 Å². The minimum atomic E-state index is 0.702. The first-order valence-corrected chi connectivity index (χ1v) is 9.68. The average molecular weight is 358 g/mol. The van der Waals surface area contributed by atoms with E-state index in [1.807, 2.05) is 11.8 Å². The van der Waals surface area contributed by atoms with Crippen LogP contribution < -0.4 is 0 Å². The Bertz CT molecular complexity index is 754. The summed E-state index contributed by atoms with van der Waals surface area (Å²) in [7, 11) is 0. The van der Waals surface area contributed by atoms with E-state index >= 15 is 0 Å². The van der Waals surface area contributed by atoms with Crippen molar-refractivity contribution in [3.8, 4) is 0 Å². The number of amidine groups is 1. The molecule has 0 atom stereocenters. The molecule has 3 nitrogen and oxygen atoms in total. The van der Waals surface area contributed by atoms with Crippen molar-refractivity contribution in [3.63, 3.8) is 0 Å². The molecule has 0 saturated carbocycles. The van der Waals surface area contributed by atoms with Crippen LogP contribution in [0.3, 0.4) is 0 Å². The zero-order valence-electron chi connectivity index (χ0n) is 13.5. The Kier molecular flexibility index (Phi) is 4.79. The second-order valence-corrected chi connectivity index (χ2v) is 7.48. The van der Waals surface area contributed by atoms with E-state index in [1.54, 1.807) is 0 Å². The van der Waals surface area contributed by atoms with Crippen molar-refractivity contribution in [1.82, 2.24) is 9.80 Å². The van der Waals surface area contributed by atoms with E-state index in [0.29, 0.717) is 5.88 Å². The molecular formula is C19H20ClN3S. The van der Waals surface area contributed by atoms with Crippen molar-refractivity contribution in [2.24, 2.45) is 4.99 Å². The highest BCUT2D eigenvalue weighted by atomic mass is 35.5. The number of halogens is 1. The van der Waals surface area contributed by atoms with Gasteiger partial charge in [0.1, 0.15) is 5.84 Å². The molecule has 2 aromatic rings. The fourth-order valence-corrected chi connectivity index (χ4v) is 4.47. The topological polar surface area (TPSA) is 18.8 Å². The van der Waals surface area contributed by atoms with Crippen LogP contribution in [0.4, 0.5) is 5.69 Å². The summed E-state index contributed by atoms with van der Waals surface area (Å²) in [6.07, 6.45) is 0. The molecule has 1 fully saturated rings. The van der Waals surface area contributed by atoms with Crippen LogP contribution in [0.5, 0.6) is 0 Å². The Morgan fingerprint density at radius 2 is 1.62 bits per heavy atom. The number of alkyl halides is 1. The molecular weight excluding hydrogens is 338 g/mol. The summed E-state index contributed by atoms with van der Waals surface area (Å²) in [6, 6.07) is 17.0. The standard InChI is InChI=1S/C19H20ClN3S/c20-9-10-22-11-13-23(14-12-22)19-15-5-1-3-7-17(15)24-18-8-4-2-6-16(18)21-19/h1-8H,9-14H2. The molecule has 5 heteroatoms. The first-order valence-electron chi connectivity index (χ1n) is 8.33. The maximum atomic E-state index is 5.88. The van der Waals surface area contributed by atoms with Gasteiger partial charge in [0.05, 0.1) is 5.69 Å². The molecule has 4 rings (SSSR count). The zero-order valence-corrected chi connectivity index (χ0v) is 15.1. The largest absolute Gasteiger partial charge is 0.354 e. The van der Waals surface area contributed by atoms with E-state index in [4.69, 9.17) is 16.6 Å². The third-order valence-electron chi connectivity index (χ3n) is 4.51. The molecule has 124 valence electrons. The molecule has 24 heavy (non-hydrogen) atoms. The Labute approximate surface area is 152 Å².